The maximum atomic E-state index is 3.88. The Labute approximate surface area is 71.3 Å². The minimum atomic E-state index is -0.639. The molecule has 0 aromatic carbocycles. The molecule has 0 fully saturated rings. The van der Waals surface area contributed by atoms with Crippen molar-refractivity contribution in [2.75, 3.05) is 20.0 Å². The van der Waals surface area contributed by atoms with Crippen LogP contribution >= 0.6 is 7.26 Å². The molecule has 0 radical (unpaired) electrons. The molecule has 2 heteroatoms. The van der Waals surface area contributed by atoms with E-state index in [9.17, 15) is 0 Å². The van der Waals surface area contributed by atoms with Crippen molar-refractivity contribution in [3.63, 3.8) is 0 Å². The molecule has 0 aromatic rings. The fourth-order valence-electron chi connectivity index (χ4n) is 0. The summed E-state index contributed by atoms with van der Waals surface area (Å²) in [5, 5.41) is 0. The summed E-state index contributed by atoms with van der Waals surface area (Å²) < 4.78 is 0. The largest absolute Gasteiger partial charge is 3.00 e. The van der Waals surface area contributed by atoms with Crippen LogP contribution in [0.2, 0.25) is 0 Å². The molecule has 8 heavy (non-hydrogen) atoms. The van der Waals surface area contributed by atoms with Crippen LogP contribution in [0.5, 0.6) is 0 Å². The van der Waals surface area contributed by atoms with Crippen LogP contribution in [0.1, 0.15) is 0 Å². The van der Waals surface area contributed by atoms with Crippen molar-refractivity contribution in [2.45, 2.75) is 0 Å². The van der Waals surface area contributed by atoms with E-state index in [0.29, 0.717) is 0 Å². The summed E-state index contributed by atoms with van der Waals surface area (Å²) in [7, 11) is -0.639. The van der Waals surface area contributed by atoms with Crippen molar-refractivity contribution < 1.29 is 22.4 Å². The van der Waals surface area contributed by atoms with Crippen LogP contribution in [-0.2, 0) is 22.4 Å². The third kappa shape index (κ3) is 199. The van der Waals surface area contributed by atoms with E-state index >= 15 is 0 Å². The fraction of sp³-hybridized carbons (Fsp3) is 0.500. The topological polar surface area (TPSA) is 0 Å². The molecule has 0 amide bonds. The summed E-state index contributed by atoms with van der Waals surface area (Å²) >= 11 is 0. The second kappa shape index (κ2) is 8.17. The van der Waals surface area contributed by atoms with Crippen molar-refractivity contribution in [1.29, 1.82) is 0 Å². The van der Waals surface area contributed by atoms with E-state index in [2.05, 4.69) is 26.7 Å². The van der Waals surface area contributed by atoms with Crippen LogP contribution in [0.3, 0.4) is 0 Å². The normalized spacial score (nSPS) is 7.50. The number of rotatable bonds is 0. The van der Waals surface area contributed by atoms with Gasteiger partial charge in [0.1, 0.15) is 0 Å². The maximum absolute atomic E-state index is 3.88. The van der Waals surface area contributed by atoms with Crippen LogP contribution in [0, 0.1) is 21.5 Å². The molecule has 0 bridgehead atoms. The monoisotopic (exact) mass is 317 g/mol. The third-order valence-corrected chi connectivity index (χ3v) is 0. The Kier molecular flexibility index (Phi) is 23.4. The zero-order chi connectivity index (χ0) is 4.50. The molecule has 0 nitrogen and oxygen atoms in total. The molecule has 0 N–H and O–H groups in total. The van der Waals surface area contributed by atoms with Crippen molar-refractivity contribution in [3.05, 3.63) is 21.5 Å². The molecule has 56 valence electrons. The molecule has 0 rings (SSSR count). The molecule has 0 aliphatic heterocycles. The minimum absolute atomic E-state index is 0. The SMILES string of the molecule is [Au+3].[CH2-][P+](C)(C)C.[CH3-].[CH3-]. The first-order valence-corrected chi connectivity index (χ1v) is 4.97. The smallest absolute Gasteiger partial charge is 0.358 e. The van der Waals surface area contributed by atoms with Gasteiger partial charge in [0.05, 0.1) is 0 Å². The molecule has 0 saturated carbocycles. The molecule has 0 aliphatic carbocycles. The van der Waals surface area contributed by atoms with Gasteiger partial charge >= 0.3 is 22.4 Å². The van der Waals surface area contributed by atoms with Crippen molar-refractivity contribution in [2.24, 2.45) is 0 Å². The van der Waals surface area contributed by atoms with Gasteiger partial charge in [-0.2, -0.15) is 6.66 Å². The summed E-state index contributed by atoms with van der Waals surface area (Å²) in [6, 6.07) is 0. The molecule has 0 aliphatic rings. The van der Waals surface area contributed by atoms with E-state index < -0.39 is 7.26 Å². The standard InChI is InChI=1S/C4H11P.2CH3.Au/c1-5(2,3)4;;;/h1H2,2-4H3;2*1H3;/q;2*-1;+3. The van der Waals surface area contributed by atoms with Gasteiger partial charge in [0, 0.05) is 20.0 Å². The van der Waals surface area contributed by atoms with Crippen LogP contribution < -0.4 is 0 Å². The van der Waals surface area contributed by atoms with Crippen molar-refractivity contribution in [3.8, 4) is 0 Å². The third-order valence-electron chi connectivity index (χ3n) is 0. The molecular weight excluding hydrogens is 300 g/mol. The van der Waals surface area contributed by atoms with Gasteiger partial charge in [-0.15, -0.1) is 7.26 Å². The Morgan fingerprint density at radius 1 is 1.00 bits per heavy atom. The van der Waals surface area contributed by atoms with Gasteiger partial charge in [0.2, 0.25) is 0 Å². The maximum Gasteiger partial charge on any atom is 3.00 e. The molecule has 0 spiro atoms. The van der Waals surface area contributed by atoms with Gasteiger partial charge in [-0.05, 0) is 0 Å². The predicted octanol–water partition coefficient (Wildman–Crippen LogP) is 2.58. The van der Waals surface area contributed by atoms with E-state index in [1.165, 1.54) is 0 Å². The van der Waals surface area contributed by atoms with Gasteiger partial charge in [0.25, 0.3) is 0 Å². The number of hydrogen-bond donors (Lipinski definition) is 0. The van der Waals surface area contributed by atoms with Gasteiger partial charge in [-0.3, -0.25) is 0 Å². The summed E-state index contributed by atoms with van der Waals surface area (Å²) in [4.78, 5) is 0. The van der Waals surface area contributed by atoms with Gasteiger partial charge in [0.15, 0.2) is 0 Å². The van der Waals surface area contributed by atoms with Gasteiger partial charge < -0.3 is 14.9 Å². The average Bonchev–Trinajstić information content (AvgIpc) is 0.722. The molecule has 0 atom stereocenters. The van der Waals surface area contributed by atoms with Crippen LogP contribution in [0.15, 0.2) is 0 Å². The predicted molar refractivity (Wildman–Crippen MR) is 42.9 cm³/mol. The Morgan fingerprint density at radius 3 is 1.00 bits per heavy atom. The summed E-state index contributed by atoms with van der Waals surface area (Å²) in [6.07, 6.45) is 0. The first-order chi connectivity index (χ1) is 2.00. The van der Waals surface area contributed by atoms with E-state index in [0.717, 1.165) is 0 Å². The van der Waals surface area contributed by atoms with Crippen LogP contribution in [-0.4, -0.2) is 20.0 Å². The first kappa shape index (κ1) is 22.9. The zero-order valence-electron chi connectivity index (χ0n) is 6.46. The molecule has 0 saturated heterocycles. The summed E-state index contributed by atoms with van der Waals surface area (Å²) in [6.45, 7) is 10.4. The zero-order valence-corrected chi connectivity index (χ0v) is 9.52. The van der Waals surface area contributed by atoms with E-state index in [1.54, 1.807) is 0 Å². The average molecular weight is 317 g/mol. The molecular formula is C6H17AuP+. The van der Waals surface area contributed by atoms with Crippen LogP contribution in [0.4, 0.5) is 0 Å². The summed E-state index contributed by atoms with van der Waals surface area (Å²) in [5.74, 6) is 0. The van der Waals surface area contributed by atoms with Crippen molar-refractivity contribution >= 4 is 7.26 Å². The second-order valence-electron chi connectivity index (χ2n) is 2.29. The first-order valence-electron chi connectivity index (χ1n) is 1.66. The van der Waals surface area contributed by atoms with E-state index in [-0.39, 0.29) is 37.2 Å². The Morgan fingerprint density at radius 2 is 1.00 bits per heavy atom. The van der Waals surface area contributed by atoms with E-state index in [4.69, 9.17) is 0 Å². The molecule has 0 unspecified atom stereocenters. The Bertz CT molecular complexity index is 24.0. The Hall–Kier alpha value is 1.17. The van der Waals surface area contributed by atoms with Crippen molar-refractivity contribution in [1.82, 2.24) is 0 Å². The van der Waals surface area contributed by atoms with Crippen LogP contribution in [0.25, 0.3) is 0 Å². The Balaban J connectivity index is -0.0000000267. The number of hydrogen-bond acceptors (Lipinski definition) is 0. The molecule has 0 aromatic heterocycles. The minimum Gasteiger partial charge on any atom is -0.358 e. The quantitative estimate of drug-likeness (QED) is 0.366. The van der Waals surface area contributed by atoms with E-state index in [1.807, 2.05) is 0 Å². The fourth-order valence-corrected chi connectivity index (χ4v) is 0. The van der Waals surface area contributed by atoms with Gasteiger partial charge in [-0.1, -0.05) is 0 Å². The second-order valence-corrected chi connectivity index (χ2v) is 6.87. The van der Waals surface area contributed by atoms with Gasteiger partial charge in [-0.25, -0.2) is 0 Å². The summed E-state index contributed by atoms with van der Waals surface area (Å²) in [5.41, 5.74) is 0. The molecule has 0 heterocycles.